The van der Waals surface area contributed by atoms with Gasteiger partial charge in [0, 0.05) is 24.5 Å². The molecule has 2 N–H and O–H groups in total. The Hall–Kier alpha value is -1.68. The van der Waals surface area contributed by atoms with Gasteiger partial charge in [-0.1, -0.05) is 13.8 Å². The lowest BCUT2D eigenvalue weighted by Crippen LogP contribution is -2.08. The lowest BCUT2D eigenvalue weighted by molar-refractivity contribution is 0.750. The topological polar surface area (TPSA) is 53.6 Å². The maximum absolute atomic E-state index is 4.68. The summed E-state index contributed by atoms with van der Waals surface area (Å²) in [6.07, 6.45) is 3.56. The van der Waals surface area contributed by atoms with Crippen molar-refractivity contribution in [2.45, 2.75) is 26.3 Å². The summed E-state index contributed by atoms with van der Waals surface area (Å²) in [5.74, 6) is 1.34. The van der Waals surface area contributed by atoms with E-state index >= 15 is 0 Å². The van der Waals surface area contributed by atoms with Crippen LogP contribution in [0.15, 0.2) is 24.5 Å². The Morgan fingerprint density at radius 3 is 2.59 bits per heavy atom. The van der Waals surface area contributed by atoms with Crippen molar-refractivity contribution in [1.29, 1.82) is 0 Å². The number of hydrogen-bond acceptors (Lipinski definition) is 3. The third-order valence-electron chi connectivity index (χ3n) is 2.66. The molecular formula is C13H18N4. The number of pyridine rings is 1. The number of aromatic nitrogens is 3. The molecule has 17 heavy (non-hydrogen) atoms. The monoisotopic (exact) mass is 230 g/mol. The number of nitrogens with zero attached hydrogens (tertiary/aromatic N) is 2. The molecule has 0 amide bonds. The van der Waals surface area contributed by atoms with Gasteiger partial charge in [-0.15, -0.1) is 0 Å². The summed E-state index contributed by atoms with van der Waals surface area (Å²) in [6, 6.07) is 3.93. The Morgan fingerprint density at radius 1 is 1.29 bits per heavy atom. The second-order valence-electron chi connectivity index (χ2n) is 4.37. The molecule has 0 radical (unpaired) electrons. The van der Waals surface area contributed by atoms with Gasteiger partial charge in [-0.2, -0.15) is 0 Å². The van der Waals surface area contributed by atoms with Gasteiger partial charge in [-0.25, -0.2) is 4.98 Å². The maximum atomic E-state index is 4.68. The minimum atomic E-state index is 0.421. The fraction of sp³-hybridized carbons (Fsp3) is 0.385. The number of rotatable bonds is 4. The SMILES string of the molecule is CNCc1[nH]c(-c2ccncc2)nc1C(C)C. The van der Waals surface area contributed by atoms with Crippen LogP contribution in [0.1, 0.15) is 31.2 Å². The quantitative estimate of drug-likeness (QED) is 0.847. The van der Waals surface area contributed by atoms with Crippen molar-refractivity contribution in [1.82, 2.24) is 20.3 Å². The summed E-state index contributed by atoms with van der Waals surface area (Å²) in [5, 5.41) is 3.16. The maximum Gasteiger partial charge on any atom is 0.137 e. The highest BCUT2D eigenvalue weighted by Crippen LogP contribution is 2.22. The van der Waals surface area contributed by atoms with Gasteiger partial charge in [0.2, 0.25) is 0 Å². The van der Waals surface area contributed by atoms with Crippen LogP contribution < -0.4 is 5.32 Å². The Balaban J connectivity index is 2.40. The van der Waals surface area contributed by atoms with Gasteiger partial charge in [-0.05, 0) is 25.1 Å². The highest BCUT2D eigenvalue weighted by atomic mass is 15.0. The van der Waals surface area contributed by atoms with Gasteiger partial charge < -0.3 is 10.3 Å². The number of H-pyrrole nitrogens is 1. The zero-order valence-corrected chi connectivity index (χ0v) is 10.5. The third-order valence-corrected chi connectivity index (χ3v) is 2.66. The summed E-state index contributed by atoms with van der Waals surface area (Å²) in [6.45, 7) is 5.13. The van der Waals surface area contributed by atoms with Gasteiger partial charge in [-0.3, -0.25) is 4.98 Å². The molecule has 2 aromatic rings. The molecule has 2 heterocycles. The molecule has 0 aromatic carbocycles. The van der Waals surface area contributed by atoms with Crippen molar-refractivity contribution < 1.29 is 0 Å². The summed E-state index contributed by atoms with van der Waals surface area (Å²) in [4.78, 5) is 12.1. The zero-order valence-electron chi connectivity index (χ0n) is 10.5. The van der Waals surface area contributed by atoms with E-state index in [1.165, 1.54) is 0 Å². The largest absolute Gasteiger partial charge is 0.341 e. The van der Waals surface area contributed by atoms with E-state index in [0.717, 1.165) is 29.3 Å². The van der Waals surface area contributed by atoms with Crippen molar-refractivity contribution >= 4 is 0 Å². The van der Waals surface area contributed by atoms with Crippen LogP contribution in [0.5, 0.6) is 0 Å². The summed E-state index contributed by atoms with van der Waals surface area (Å²) < 4.78 is 0. The van der Waals surface area contributed by atoms with Crippen LogP contribution in [0.2, 0.25) is 0 Å². The predicted octanol–water partition coefficient (Wildman–Crippen LogP) is 2.31. The first-order valence-corrected chi connectivity index (χ1v) is 5.86. The van der Waals surface area contributed by atoms with E-state index < -0.39 is 0 Å². The van der Waals surface area contributed by atoms with Crippen LogP contribution in [0.3, 0.4) is 0 Å². The van der Waals surface area contributed by atoms with Gasteiger partial charge in [0.15, 0.2) is 0 Å². The second kappa shape index (κ2) is 5.10. The lowest BCUT2D eigenvalue weighted by atomic mass is 10.1. The fourth-order valence-corrected chi connectivity index (χ4v) is 1.86. The lowest BCUT2D eigenvalue weighted by Gasteiger charge is -2.03. The first-order valence-electron chi connectivity index (χ1n) is 5.86. The van der Waals surface area contributed by atoms with Crippen molar-refractivity contribution in [3.63, 3.8) is 0 Å². The Kier molecular flexibility index (Phi) is 3.54. The number of nitrogens with one attached hydrogen (secondary N) is 2. The summed E-state index contributed by atoms with van der Waals surface area (Å²) >= 11 is 0. The second-order valence-corrected chi connectivity index (χ2v) is 4.37. The van der Waals surface area contributed by atoms with Crippen LogP contribution in [0.25, 0.3) is 11.4 Å². The summed E-state index contributed by atoms with van der Waals surface area (Å²) in [5.41, 5.74) is 3.37. The van der Waals surface area contributed by atoms with E-state index in [1.807, 2.05) is 19.2 Å². The third kappa shape index (κ3) is 2.53. The standard InChI is InChI=1S/C13H18N4/c1-9(2)12-11(8-14-3)16-13(17-12)10-4-6-15-7-5-10/h4-7,9,14H,8H2,1-3H3,(H,16,17). The van der Waals surface area contributed by atoms with Crippen LogP contribution in [-0.4, -0.2) is 22.0 Å². The highest BCUT2D eigenvalue weighted by Gasteiger charge is 2.13. The van der Waals surface area contributed by atoms with Crippen molar-refractivity contribution in [3.8, 4) is 11.4 Å². The Bertz CT molecular complexity index is 473. The molecule has 0 spiro atoms. The molecule has 2 rings (SSSR count). The average molecular weight is 230 g/mol. The van der Waals surface area contributed by atoms with E-state index in [2.05, 4.69) is 34.1 Å². The molecule has 0 fully saturated rings. The van der Waals surface area contributed by atoms with E-state index in [-0.39, 0.29) is 0 Å². The molecule has 0 aliphatic rings. The summed E-state index contributed by atoms with van der Waals surface area (Å²) in [7, 11) is 1.94. The molecular weight excluding hydrogens is 212 g/mol. The minimum absolute atomic E-state index is 0.421. The van der Waals surface area contributed by atoms with Crippen LogP contribution >= 0.6 is 0 Å². The molecule has 0 aliphatic heterocycles. The van der Waals surface area contributed by atoms with Crippen LogP contribution in [0.4, 0.5) is 0 Å². The van der Waals surface area contributed by atoms with Crippen molar-refractivity contribution in [3.05, 3.63) is 35.9 Å². The van der Waals surface area contributed by atoms with Crippen molar-refractivity contribution in [2.75, 3.05) is 7.05 Å². The molecule has 0 bridgehead atoms. The van der Waals surface area contributed by atoms with Gasteiger partial charge in [0.25, 0.3) is 0 Å². The van der Waals surface area contributed by atoms with Gasteiger partial charge in [0.1, 0.15) is 5.82 Å². The molecule has 2 aromatic heterocycles. The number of hydrogen-bond donors (Lipinski definition) is 2. The predicted molar refractivity (Wildman–Crippen MR) is 68.7 cm³/mol. The molecule has 0 aliphatic carbocycles. The molecule has 0 saturated heterocycles. The first-order chi connectivity index (χ1) is 8.22. The smallest absolute Gasteiger partial charge is 0.137 e. The average Bonchev–Trinajstić information content (AvgIpc) is 2.75. The Labute approximate surface area is 102 Å². The molecule has 0 atom stereocenters. The highest BCUT2D eigenvalue weighted by molar-refractivity contribution is 5.55. The molecule has 0 unspecified atom stereocenters. The zero-order chi connectivity index (χ0) is 12.3. The van der Waals surface area contributed by atoms with E-state index in [0.29, 0.717) is 5.92 Å². The van der Waals surface area contributed by atoms with E-state index in [4.69, 9.17) is 0 Å². The number of aromatic amines is 1. The fourth-order valence-electron chi connectivity index (χ4n) is 1.86. The van der Waals surface area contributed by atoms with E-state index in [9.17, 15) is 0 Å². The first kappa shape index (κ1) is 11.8. The number of imidazole rings is 1. The van der Waals surface area contributed by atoms with E-state index in [1.54, 1.807) is 12.4 Å². The Morgan fingerprint density at radius 2 is 2.00 bits per heavy atom. The normalized spacial score (nSPS) is 11.1. The molecule has 4 heteroatoms. The van der Waals surface area contributed by atoms with Crippen LogP contribution in [-0.2, 0) is 6.54 Å². The molecule has 90 valence electrons. The van der Waals surface area contributed by atoms with Gasteiger partial charge in [0.05, 0.1) is 11.4 Å². The van der Waals surface area contributed by atoms with Gasteiger partial charge >= 0.3 is 0 Å². The van der Waals surface area contributed by atoms with Crippen molar-refractivity contribution in [2.24, 2.45) is 0 Å². The molecule has 4 nitrogen and oxygen atoms in total. The minimum Gasteiger partial charge on any atom is -0.341 e. The molecule has 0 saturated carbocycles. The van der Waals surface area contributed by atoms with Crippen LogP contribution in [0, 0.1) is 0 Å².